The van der Waals surface area contributed by atoms with Gasteiger partial charge < -0.3 is 4.74 Å². The standard InChI is InChI=1S/C17H19NO4S3/c1-22-17(19)16-15(8-11-24-16)25(20,21)18-9-7-14(23-12-10-18)13-5-3-2-4-6-13/h2-6,8,11,14H,7,9-10,12H2,1H3/t14-/m1/s1. The summed E-state index contributed by atoms with van der Waals surface area (Å²) in [5, 5.41) is 1.89. The number of benzene rings is 1. The quantitative estimate of drug-likeness (QED) is 0.740. The average Bonchev–Trinajstić information content (AvgIpc) is 3.00. The van der Waals surface area contributed by atoms with Crippen LogP contribution in [0.5, 0.6) is 0 Å². The smallest absolute Gasteiger partial charge is 0.349 e. The van der Waals surface area contributed by atoms with E-state index in [1.807, 2.05) is 18.2 Å². The maximum atomic E-state index is 13.0. The Bertz CT molecular complexity index is 833. The third-order valence-corrected chi connectivity index (χ3v) is 8.38. The molecule has 0 bridgehead atoms. The molecule has 134 valence electrons. The highest BCUT2D eigenvalue weighted by atomic mass is 32.2. The van der Waals surface area contributed by atoms with E-state index in [1.165, 1.54) is 23.0 Å². The molecule has 1 aromatic heterocycles. The van der Waals surface area contributed by atoms with Crippen LogP contribution in [-0.4, -0.2) is 44.6 Å². The van der Waals surface area contributed by atoms with Crippen LogP contribution in [0.4, 0.5) is 0 Å². The van der Waals surface area contributed by atoms with Crippen LogP contribution in [0.25, 0.3) is 0 Å². The number of esters is 1. The van der Waals surface area contributed by atoms with E-state index in [4.69, 9.17) is 4.74 Å². The molecule has 0 N–H and O–H groups in total. The minimum Gasteiger partial charge on any atom is -0.465 e. The first kappa shape index (κ1) is 18.4. The monoisotopic (exact) mass is 397 g/mol. The summed E-state index contributed by atoms with van der Waals surface area (Å²) in [7, 11) is -2.45. The van der Waals surface area contributed by atoms with Crippen LogP contribution in [0.15, 0.2) is 46.7 Å². The third-order valence-electron chi connectivity index (χ3n) is 4.09. The first-order valence-electron chi connectivity index (χ1n) is 7.86. The molecule has 25 heavy (non-hydrogen) atoms. The summed E-state index contributed by atoms with van der Waals surface area (Å²) >= 11 is 2.86. The maximum Gasteiger partial charge on any atom is 0.349 e. The molecular formula is C17H19NO4S3. The Kier molecular flexibility index (Phi) is 5.83. The van der Waals surface area contributed by atoms with E-state index in [0.29, 0.717) is 13.1 Å². The lowest BCUT2D eigenvalue weighted by molar-refractivity contribution is 0.0602. The lowest BCUT2D eigenvalue weighted by Gasteiger charge is -2.20. The predicted molar refractivity (Wildman–Crippen MR) is 101 cm³/mol. The van der Waals surface area contributed by atoms with Crippen molar-refractivity contribution < 1.29 is 17.9 Å². The van der Waals surface area contributed by atoms with Crippen molar-refractivity contribution in [3.05, 3.63) is 52.2 Å². The summed E-state index contributed by atoms with van der Waals surface area (Å²) in [5.41, 5.74) is 1.22. The Morgan fingerprint density at radius 2 is 1.96 bits per heavy atom. The van der Waals surface area contributed by atoms with Crippen molar-refractivity contribution in [1.29, 1.82) is 0 Å². The molecule has 1 aliphatic rings. The molecule has 1 aliphatic heterocycles. The Hall–Kier alpha value is -1.35. The Morgan fingerprint density at radius 1 is 1.20 bits per heavy atom. The highest BCUT2D eigenvalue weighted by molar-refractivity contribution is 7.99. The number of thiophene rings is 1. The summed E-state index contributed by atoms with van der Waals surface area (Å²) in [6.07, 6.45) is 0.742. The van der Waals surface area contributed by atoms with Gasteiger partial charge in [-0.3, -0.25) is 0 Å². The molecule has 5 nitrogen and oxygen atoms in total. The summed E-state index contributed by atoms with van der Waals surface area (Å²) in [5.74, 6) is 0.108. The van der Waals surface area contributed by atoms with Gasteiger partial charge in [0.1, 0.15) is 9.77 Å². The van der Waals surface area contributed by atoms with Crippen LogP contribution in [0.2, 0.25) is 0 Å². The number of carbonyl (C=O) groups is 1. The van der Waals surface area contributed by atoms with Crippen molar-refractivity contribution in [3.63, 3.8) is 0 Å². The fourth-order valence-corrected chi connectivity index (χ4v) is 6.92. The van der Waals surface area contributed by atoms with Crippen LogP contribution in [-0.2, 0) is 14.8 Å². The van der Waals surface area contributed by atoms with Crippen LogP contribution in [0, 0.1) is 0 Å². The number of carbonyl (C=O) groups excluding carboxylic acids is 1. The van der Waals surface area contributed by atoms with E-state index in [1.54, 1.807) is 17.1 Å². The van der Waals surface area contributed by atoms with Gasteiger partial charge in [-0.15, -0.1) is 11.3 Å². The predicted octanol–water partition coefficient (Wildman–Crippen LogP) is 3.40. The number of nitrogens with zero attached hydrogens (tertiary/aromatic N) is 1. The second-order valence-electron chi connectivity index (χ2n) is 5.57. The maximum absolute atomic E-state index is 13.0. The molecule has 0 unspecified atom stereocenters. The summed E-state index contributed by atoms with van der Waals surface area (Å²) in [6.45, 7) is 0.873. The minimum absolute atomic E-state index is 0.0486. The molecule has 0 amide bonds. The highest BCUT2D eigenvalue weighted by Crippen LogP contribution is 2.36. The van der Waals surface area contributed by atoms with Crippen LogP contribution < -0.4 is 0 Å². The molecule has 0 radical (unpaired) electrons. The van der Waals surface area contributed by atoms with Gasteiger partial charge in [0.05, 0.1) is 7.11 Å². The molecule has 1 atom stereocenters. The van der Waals surface area contributed by atoms with Crippen LogP contribution in [0.1, 0.15) is 26.9 Å². The van der Waals surface area contributed by atoms with Gasteiger partial charge in [-0.25, -0.2) is 13.2 Å². The number of hydrogen-bond donors (Lipinski definition) is 0. The number of hydrogen-bond acceptors (Lipinski definition) is 6. The van der Waals surface area contributed by atoms with Crippen molar-refractivity contribution in [2.24, 2.45) is 0 Å². The second kappa shape index (κ2) is 7.90. The molecule has 2 heterocycles. The lowest BCUT2D eigenvalue weighted by atomic mass is 10.1. The van der Waals surface area contributed by atoms with Crippen LogP contribution in [0.3, 0.4) is 0 Å². The van der Waals surface area contributed by atoms with E-state index in [2.05, 4.69) is 12.1 Å². The molecule has 1 fully saturated rings. The topological polar surface area (TPSA) is 63.7 Å². The fraction of sp³-hybridized carbons (Fsp3) is 0.353. The van der Waals surface area contributed by atoms with E-state index in [9.17, 15) is 13.2 Å². The normalized spacial score (nSPS) is 19.3. The fourth-order valence-electron chi connectivity index (χ4n) is 2.81. The van der Waals surface area contributed by atoms with E-state index < -0.39 is 16.0 Å². The van der Waals surface area contributed by atoms with Crippen LogP contribution >= 0.6 is 23.1 Å². The van der Waals surface area contributed by atoms with Gasteiger partial charge in [-0.1, -0.05) is 30.3 Å². The van der Waals surface area contributed by atoms with E-state index in [0.717, 1.165) is 23.5 Å². The zero-order chi connectivity index (χ0) is 17.9. The minimum atomic E-state index is -3.70. The van der Waals surface area contributed by atoms with Gasteiger partial charge in [0, 0.05) is 24.1 Å². The second-order valence-corrected chi connectivity index (χ2v) is 9.70. The van der Waals surface area contributed by atoms with Gasteiger partial charge in [0.15, 0.2) is 0 Å². The molecular weight excluding hydrogens is 378 g/mol. The molecule has 0 spiro atoms. The summed E-state index contributed by atoms with van der Waals surface area (Å²) in [6, 6.07) is 11.6. The highest BCUT2D eigenvalue weighted by Gasteiger charge is 2.32. The number of methoxy groups -OCH3 is 1. The number of sulfonamides is 1. The summed E-state index contributed by atoms with van der Waals surface area (Å²) in [4.78, 5) is 12.0. The molecule has 2 aromatic rings. The van der Waals surface area contributed by atoms with Crippen molar-refractivity contribution in [2.45, 2.75) is 16.6 Å². The molecule has 0 aliphatic carbocycles. The number of ether oxygens (including phenoxy) is 1. The largest absolute Gasteiger partial charge is 0.465 e. The van der Waals surface area contributed by atoms with Gasteiger partial charge in [0.2, 0.25) is 10.0 Å². The van der Waals surface area contributed by atoms with Gasteiger partial charge in [-0.05, 0) is 23.4 Å². The molecule has 1 saturated heterocycles. The number of thioether (sulfide) groups is 1. The van der Waals surface area contributed by atoms with Crippen molar-refractivity contribution >= 4 is 39.1 Å². The van der Waals surface area contributed by atoms with Crippen molar-refractivity contribution in [1.82, 2.24) is 4.31 Å². The number of rotatable bonds is 4. The van der Waals surface area contributed by atoms with E-state index in [-0.39, 0.29) is 15.0 Å². The van der Waals surface area contributed by atoms with Gasteiger partial charge >= 0.3 is 5.97 Å². The van der Waals surface area contributed by atoms with Crippen molar-refractivity contribution in [3.8, 4) is 0 Å². The molecule has 3 rings (SSSR count). The average molecular weight is 398 g/mol. The third kappa shape index (κ3) is 3.92. The molecule has 8 heteroatoms. The zero-order valence-corrected chi connectivity index (χ0v) is 16.2. The lowest BCUT2D eigenvalue weighted by Crippen LogP contribution is -2.33. The van der Waals surface area contributed by atoms with E-state index >= 15 is 0 Å². The van der Waals surface area contributed by atoms with Gasteiger partial charge in [0.25, 0.3) is 0 Å². The molecule has 1 aromatic carbocycles. The Labute approximate surface area is 156 Å². The van der Waals surface area contributed by atoms with Gasteiger partial charge in [-0.2, -0.15) is 16.1 Å². The van der Waals surface area contributed by atoms with Crippen molar-refractivity contribution in [2.75, 3.05) is 26.0 Å². The summed E-state index contributed by atoms with van der Waals surface area (Å²) < 4.78 is 32.2. The zero-order valence-electron chi connectivity index (χ0n) is 13.8. The molecule has 0 saturated carbocycles. The SMILES string of the molecule is COC(=O)c1sccc1S(=O)(=O)N1CCS[C@@H](c2ccccc2)CC1. The Balaban J connectivity index is 1.80. The first-order chi connectivity index (χ1) is 12.0. The Morgan fingerprint density at radius 3 is 2.68 bits per heavy atom. The first-order valence-corrected chi connectivity index (χ1v) is 11.2.